The summed E-state index contributed by atoms with van der Waals surface area (Å²) in [7, 11) is 0. The number of ether oxygens (including phenoxy) is 1. The molecule has 1 saturated heterocycles. The molecule has 31 heavy (non-hydrogen) atoms. The number of aromatic nitrogens is 2. The maximum Gasteiger partial charge on any atom is 0.410 e. The van der Waals surface area contributed by atoms with Crippen LogP contribution in [0.25, 0.3) is 11.3 Å². The molecule has 0 bridgehead atoms. The molecule has 9 nitrogen and oxygen atoms in total. The van der Waals surface area contributed by atoms with Gasteiger partial charge in [-0.2, -0.15) is 0 Å². The zero-order valence-electron chi connectivity index (χ0n) is 17.8. The third-order valence-electron chi connectivity index (χ3n) is 5.06. The number of fused-ring (bicyclic) bond motifs is 1. The van der Waals surface area contributed by atoms with Crippen molar-refractivity contribution in [2.75, 3.05) is 11.9 Å². The molecular weight excluding hydrogens is 398 g/mol. The van der Waals surface area contributed by atoms with E-state index in [2.05, 4.69) is 20.6 Å². The zero-order valence-corrected chi connectivity index (χ0v) is 17.8. The van der Waals surface area contributed by atoms with Crippen LogP contribution in [0.2, 0.25) is 0 Å². The van der Waals surface area contributed by atoms with E-state index in [9.17, 15) is 14.4 Å². The van der Waals surface area contributed by atoms with Crippen molar-refractivity contribution in [1.82, 2.24) is 20.2 Å². The topological polar surface area (TPSA) is 114 Å². The van der Waals surface area contributed by atoms with Crippen molar-refractivity contribution in [2.45, 2.75) is 45.9 Å². The monoisotopic (exact) mass is 423 g/mol. The van der Waals surface area contributed by atoms with Gasteiger partial charge in [-0.3, -0.25) is 19.8 Å². The highest BCUT2D eigenvalue weighted by Gasteiger charge is 2.33. The first-order valence-corrected chi connectivity index (χ1v) is 10.2. The number of nitrogens with zero attached hydrogens (tertiary/aromatic N) is 3. The smallest absolute Gasteiger partial charge is 0.410 e. The molecule has 0 aliphatic carbocycles. The summed E-state index contributed by atoms with van der Waals surface area (Å²) in [6, 6.07) is 9.55. The maximum atomic E-state index is 12.6. The van der Waals surface area contributed by atoms with E-state index in [4.69, 9.17) is 4.74 Å². The summed E-state index contributed by atoms with van der Waals surface area (Å²) in [4.78, 5) is 47.3. The molecular formula is C22H25N5O4. The molecule has 2 aliphatic rings. The van der Waals surface area contributed by atoms with Gasteiger partial charge in [0.1, 0.15) is 5.60 Å². The standard InChI is InChI=1S/C22H25N5O4/c1-22(2,3)31-21(30)27-11-15-16(12-27)24-20(25-18(15)13-7-5-4-6-8-13)26-19(29)14-9-17(28)23-10-14/h4-8,14H,9-12H2,1-3H3,(H,23,28)(H,24,25,26,29). The summed E-state index contributed by atoms with van der Waals surface area (Å²) in [5.74, 6) is -0.747. The Morgan fingerprint density at radius 1 is 1.16 bits per heavy atom. The second-order valence-corrected chi connectivity index (χ2v) is 8.72. The molecule has 4 rings (SSSR count). The minimum atomic E-state index is -0.605. The van der Waals surface area contributed by atoms with Crippen LogP contribution < -0.4 is 10.6 Å². The van der Waals surface area contributed by atoms with Gasteiger partial charge in [0, 0.05) is 24.1 Å². The van der Waals surface area contributed by atoms with E-state index in [-0.39, 0.29) is 30.7 Å². The lowest BCUT2D eigenvalue weighted by atomic mass is 10.1. The third-order valence-corrected chi connectivity index (χ3v) is 5.06. The van der Waals surface area contributed by atoms with Crippen LogP contribution in [0.15, 0.2) is 30.3 Å². The van der Waals surface area contributed by atoms with Crippen molar-refractivity contribution in [3.05, 3.63) is 41.6 Å². The van der Waals surface area contributed by atoms with Gasteiger partial charge in [-0.25, -0.2) is 14.8 Å². The normalized spacial score (nSPS) is 17.8. The predicted octanol–water partition coefficient (Wildman–Crippen LogP) is 2.47. The van der Waals surface area contributed by atoms with Crippen LogP contribution in [0.5, 0.6) is 0 Å². The van der Waals surface area contributed by atoms with Crippen molar-refractivity contribution in [3.8, 4) is 11.3 Å². The number of carbonyl (C=O) groups excluding carboxylic acids is 3. The summed E-state index contributed by atoms with van der Waals surface area (Å²) in [5.41, 5.74) is 2.41. The summed E-state index contributed by atoms with van der Waals surface area (Å²) < 4.78 is 5.50. The van der Waals surface area contributed by atoms with E-state index in [1.54, 1.807) is 4.90 Å². The Morgan fingerprint density at radius 2 is 1.90 bits per heavy atom. The average molecular weight is 423 g/mol. The molecule has 1 unspecified atom stereocenters. The van der Waals surface area contributed by atoms with Gasteiger partial charge >= 0.3 is 6.09 Å². The van der Waals surface area contributed by atoms with Gasteiger partial charge in [-0.15, -0.1) is 0 Å². The lowest BCUT2D eigenvalue weighted by Gasteiger charge is -2.24. The van der Waals surface area contributed by atoms with E-state index in [1.807, 2.05) is 51.1 Å². The number of benzene rings is 1. The molecule has 3 heterocycles. The van der Waals surface area contributed by atoms with Gasteiger partial charge in [0.05, 0.1) is 30.4 Å². The highest BCUT2D eigenvalue weighted by Crippen LogP contribution is 2.32. The maximum absolute atomic E-state index is 12.6. The average Bonchev–Trinajstić information content (AvgIpc) is 3.33. The van der Waals surface area contributed by atoms with Crippen molar-refractivity contribution in [1.29, 1.82) is 0 Å². The predicted molar refractivity (Wildman–Crippen MR) is 113 cm³/mol. The number of carbonyl (C=O) groups is 3. The highest BCUT2D eigenvalue weighted by atomic mass is 16.6. The molecule has 0 spiro atoms. The van der Waals surface area contributed by atoms with Gasteiger partial charge in [-0.1, -0.05) is 30.3 Å². The molecule has 1 atom stereocenters. The third kappa shape index (κ3) is 4.65. The number of hydrogen-bond donors (Lipinski definition) is 2. The van der Waals surface area contributed by atoms with E-state index >= 15 is 0 Å². The molecule has 162 valence electrons. The van der Waals surface area contributed by atoms with Crippen molar-refractivity contribution >= 4 is 23.9 Å². The van der Waals surface area contributed by atoms with E-state index in [1.165, 1.54) is 0 Å². The second kappa shape index (κ2) is 7.98. The Morgan fingerprint density at radius 3 is 2.55 bits per heavy atom. The molecule has 0 saturated carbocycles. The van der Waals surface area contributed by atoms with E-state index in [0.717, 1.165) is 11.1 Å². The van der Waals surface area contributed by atoms with Gasteiger partial charge < -0.3 is 10.1 Å². The van der Waals surface area contributed by atoms with Crippen LogP contribution in [0, 0.1) is 5.92 Å². The molecule has 3 amide bonds. The lowest BCUT2D eigenvalue weighted by molar-refractivity contribution is -0.123. The van der Waals surface area contributed by atoms with Crippen LogP contribution in [0.1, 0.15) is 38.4 Å². The fraction of sp³-hybridized carbons (Fsp3) is 0.409. The first kappa shape index (κ1) is 20.8. The van der Waals surface area contributed by atoms with Gasteiger partial charge in [0.15, 0.2) is 0 Å². The first-order valence-electron chi connectivity index (χ1n) is 10.2. The number of amides is 3. The Hall–Kier alpha value is -3.49. The molecule has 2 N–H and O–H groups in total. The molecule has 0 radical (unpaired) electrons. The molecule has 1 fully saturated rings. The minimum Gasteiger partial charge on any atom is -0.444 e. The Labute approximate surface area is 180 Å². The highest BCUT2D eigenvalue weighted by molar-refractivity contribution is 5.96. The number of hydrogen-bond acceptors (Lipinski definition) is 6. The van der Waals surface area contributed by atoms with Crippen LogP contribution in [-0.4, -0.2) is 44.9 Å². The van der Waals surface area contributed by atoms with Crippen molar-refractivity contribution < 1.29 is 19.1 Å². The quantitative estimate of drug-likeness (QED) is 0.784. The first-order chi connectivity index (χ1) is 14.7. The Balaban J connectivity index is 1.63. The van der Waals surface area contributed by atoms with E-state index < -0.39 is 17.6 Å². The van der Waals surface area contributed by atoms with E-state index in [0.29, 0.717) is 24.5 Å². The summed E-state index contributed by atoms with van der Waals surface area (Å²) in [6.07, 6.45) is -0.278. The van der Waals surface area contributed by atoms with Gasteiger partial charge in [0.2, 0.25) is 17.8 Å². The number of nitrogens with one attached hydrogen (secondary N) is 2. The summed E-state index contributed by atoms with van der Waals surface area (Å²) in [6.45, 7) is 6.34. The van der Waals surface area contributed by atoms with Gasteiger partial charge in [0.25, 0.3) is 0 Å². The van der Waals surface area contributed by atoms with Crippen LogP contribution in [0.4, 0.5) is 10.7 Å². The fourth-order valence-electron chi connectivity index (χ4n) is 3.60. The lowest BCUT2D eigenvalue weighted by Crippen LogP contribution is -2.33. The largest absolute Gasteiger partial charge is 0.444 e. The number of anilines is 1. The fourth-order valence-corrected chi connectivity index (χ4v) is 3.60. The number of rotatable bonds is 3. The summed E-state index contributed by atoms with van der Waals surface area (Å²) in [5, 5.41) is 5.39. The molecule has 1 aromatic heterocycles. The van der Waals surface area contributed by atoms with Crippen LogP contribution in [0.3, 0.4) is 0 Å². The second-order valence-electron chi connectivity index (χ2n) is 8.72. The Kier molecular flexibility index (Phi) is 5.34. The molecule has 2 aromatic rings. The molecule has 1 aromatic carbocycles. The summed E-state index contributed by atoms with van der Waals surface area (Å²) >= 11 is 0. The molecule has 9 heteroatoms. The van der Waals surface area contributed by atoms with Crippen LogP contribution >= 0.6 is 0 Å². The zero-order chi connectivity index (χ0) is 22.2. The molecule has 2 aliphatic heterocycles. The van der Waals surface area contributed by atoms with Gasteiger partial charge in [-0.05, 0) is 20.8 Å². The van der Waals surface area contributed by atoms with Crippen molar-refractivity contribution in [2.24, 2.45) is 5.92 Å². The van der Waals surface area contributed by atoms with Crippen LogP contribution in [-0.2, 0) is 27.4 Å². The van der Waals surface area contributed by atoms with Crippen molar-refractivity contribution in [3.63, 3.8) is 0 Å². The minimum absolute atomic E-state index is 0.145. The SMILES string of the molecule is CC(C)(C)OC(=O)N1Cc2nc(NC(=O)C3CNC(=O)C3)nc(-c3ccccc3)c2C1. The Bertz CT molecular complexity index is 1030.